The summed E-state index contributed by atoms with van der Waals surface area (Å²) in [6.45, 7) is 0.766. The molecule has 0 saturated carbocycles. The lowest BCUT2D eigenvalue weighted by molar-refractivity contribution is 0.307. The first-order valence-electron chi connectivity index (χ1n) is 12.8. The van der Waals surface area contributed by atoms with E-state index in [0.717, 1.165) is 43.0 Å². The van der Waals surface area contributed by atoms with E-state index in [4.69, 9.17) is 9.15 Å². The van der Waals surface area contributed by atoms with E-state index in [1.165, 1.54) is 59.8 Å². The molecular weight excluding hydrogens is 440 g/mol. The van der Waals surface area contributed by atoms with Gasteiger partial charge in [-0.1, -0.05) is 60.7 Å². The van der Waals surface area contributed by atoms with Gasteiger partial charge in [0, 0.05) is 12.0 Å². The highest BCUT2D eigenvalue weighted by atomic mass is 16.5. The Morgan fingerprint density at radius 3 is 2.19 bits per heavy atom. The minimum atomic E-state index is 0.766. The lowest BCUT2D eigenvalue weighted by Crippen LogP contribution is -2.02. The maximum absolute atomic E-state index is 5.96. The van der Waals surface area contributed by atoms with E-state index in [9.17, 15) is 0 Å². The summed E-state index contributed by atoms with van der Waals surface area (Å²) in [6.07, 6.45) is 9.33. The Morgan fingerprint density at radius 1 is 0.639 bits per heavy atom. The summed E-state index contributed by atoms with van der Waals surface area (Å²) in [6, 6.07) is 28.7. The second-order valence-electron chi connectivity index (χ2n) is 9.85. The molecule has 8 rings (SSSR count). The highest BCUT2D eigenvalue weighted by molar-refractivity contribution is 6.34. The molecule has 2 aliphatic rings. The molecule has 0 N–H and O–H groups in total. The molecule has 0 saturated heterocycles. The summed E-state index contributed by atoms with van der Waals surface area (Å²) in [7, 11) is 0. The summed E-state index contributed by atoms with van der Waals surface area (Å²) < 4.78 is 11.8. The molecule has 0 amide bonds. The van der Waals surface area contributed by atoms with Crippen LogP contribution in [0.4, 0.5) is 0 Å². The van der Waals surface area contributed by atoms with E-state index in [2.05, 4.69) is 84.9 Å². The quantitative estimate of drug-likeness (QED) is 0.238. The molecule has 2 nitrogen and oxygen atoms in total. The van der Waals surface area contributed by atoms with Crippen LogP contribution in [0.15, 0.2) is 95.6 Å². The molecule has 5 aromatic carbocycles. The lowest BCUT2D eigenvalue weighted by atomic mass is 9.80. The Kier molecular flexibility index (Phi) is 4.21. The average Bonchev–Trinajstić information content (AvgIpc) is 3.67. The van der Waals surface area contributed by atoms with Crippen LogP contribution in [0.25, 0.3) is 60.5 Å². The van der Waals surface area contributed by atoms with Gasteiger partial charge in [0.1, 0.15) is 11.5 Å². The summed E-state index contributed by atoms with van der Waals surface area (Å²) in [4.78, 5) is 0. The number of furan rings is 1. The van der Waals surface area contributed by atoms with Gasteiger partial charge in [-0.05, 0) is 103 Å². The lowest BCUT2D eigenvalue weighted by Gasteiger charge is -2.23. The zero-order valence-corrected chi connectivity index (χ0v) is 19.9. The molecule has 0 radical (unpaired) electrons. The van der Waals surface area contributed by atoms with Gasteiger partial charge in [-0.2, -0.15) is 0 Å². The van der Waals surface area contributed by atoms with Crippen molar-refractivity contribution in [1.29, 1.82) is 0 Å². The Labute approximate surface area is 209 Å². The van der Waals surface area contributed by atoms with Crippen molar-refractivity contribution in [1.82, 2.24) is 0 Å². The third kappa shape index (κ3) is 2.79. The number of ether oxygens (including phenoxy) is 1. The number of hydrogen-bond donors (Lipinski definition) is 0. The number of benzene rings is 5. The smallest absolute Gasteiger partial charge is 0.129 e. The second kappa shape index (κ2) is 7.60. The minimum Gasteiger partial charge on any atom is -0.493 e. The maximum Gasteiger partial charge on any atom is 0.129 e. The van der Waals surface area contributed by atoms with Gasteiger partial charge < -0.3 is 9.15 Å². The van der Waals surface area contributed by atoms with E-state index in [1.807, 2.05) is 6.07 Å². The molecule has 2 heterocycles. The van der Waals surface area contributed by atoms with Crippen LogP contribution >= 0.6 is 0 Å². The van der Waals surface area contributed by atoms with Gasteiger partial charge in [0.2, 0.25) is 0 Å². The SMILES string of the molecule is C1=C(c2ccc3c4ccccc4c4c5c(c6ccccc6c4c3c2)CCC(c2ccco2)=C5)OCC1. The molecule has 36 heavy (non-hydrogen) atoms. The summed E-state index contributed by atoms with van der Waals surface area (Å²) in [5.41, 5.74) is 5.20. The van der Waals surface area contributed by atoms with Crippen molar-refractivity contribution in [2.24, 2.45) is 0 Å². The Bertz CT molecular complexity index is 1900. The van der Waals surface area contributed by atoms with Gasteiger partial charge in [-0.25, -0.2) is 0 Å². The molecular formula is C34H24O2. The Morgan fingerprint density at radius 2 is 1.42 bits per heavy atom. The first kappa shape index (κ1) is 19.9. The van der Waals surface area contributed by atoms with Gasteiger partial charge in [-0.3, -0.25) is 0 Å². The predicted molar refractivity (Wildman–Crippen MR) is 150 cm³/mol. The average molecular weight is 465 g/mol. The molecule has 0 atom stereocenters. The van der Waals surface area contributed by atoms with Gasteiger partial charge in [0.15, 0.2) is 0 Å². The monoisotopic (exact) mass is 464 g/mol. The highest BCUT2D eigenvalue weighted by Gasteiger charge is 2.23. The van der Waals surface area contributed by atoms with E-state index in [0.29, 0.717) is 0 Å². The van der Waals surface area contributed by atoms with Gasteiger partial charge in [-0.15, -0.1) is 0 Å². The molecule has 1 aromatic heterocycles. The largest absolute Gasteiger partial charge is 0.493 e. The van der Waals surface area contributed by atoms with E-state index >= 15 is 0 Å². The van der Waals surface area contributed by atoms with Crippen LogP contribution in [0.3, 0.4) is 0 Å². The molecule has 172 valence electrons. The van der Waals surface area contributed by atoms with E-state index in [1.54, 1.807) is 6.26 Å². The molecule has 1 aliphatic carbocycles. The third-order valence-electron chi connectivity index (χ3n) is 7.93. The fraction of sp³-hybridized carbons (Fsp3) is 0.118. The van der Waals surface area contributed by atoms with Crippen molar-refractivity contribution in [2.75, 3.05) is 6.61 Å². The zero-order chi connectivity index (χ0) is 23.6. The molecule has 1 aliphatic heterocycles. The van der Waals surface area contributed by atoms with Crippen molar-refractivity contribution in [2.45, 2.75) is 19.3 Å². The molecule has 0 unspecified atom stereocenters. The van der Waals surface area contributed by atoms with Crippen LogP contribution in [-0.2, 0) is 11.2 Å². The van der Waals surface area contributed by atoms with Crippen LogP contribution in [-0.4, -0.2) is 6.61 Å². The topological polar surface area (TPSA) is 22.4 Å². The first-order chi connectivity index (χ1) is 17.9. The van der Waals surface area contributed by atoms with Gasteiger partial charge in [0.05, 0.1) is 12.9 Å². The first-order valence-corrected chi connectivity index (χ1v) is 12.8. The van der Waals surface area contributed by atoms with Crippen LogP contribution in [0, 0.1) is 0 Å². The van der Waals surface area contributed by atoms with Crippen LogP contribution in [0.5, 0.6) is 0 Å². The van der Waals surface area contributed by atoms with Gasteiger partial charge >= 0.3 is 0 Å². The maximum atomic E-state index is 5.96. The fourth-order valence-electron chi connectivity index (χ4n) is 6.37. The number of rotatable bonds is 2. The second-order valence-corrected chi connectivity index (χ2v) is 9.85. The third-order valence-corrected chi connectivity index (χ3v) is 7.93. The van der Waals surface area contributed by atoms with Crippen LogP contribution < -0.4 is 0 Å². The molecule has 0 bridgehead atoms. The summed E-state index contributed by atoms with van der Waals surface area (Å²) in [5, 5.41) is 10.5. The van der Waals surface area contributed by atoms with Crippen molar-refractivity contribution < 1.29 is 9.15 Å². The number of hydrogen-bond acceptors (Lipinski definition) is 2. The molecule has 0 fully saturated rings. The number of allylic oxidation sites excluding steroid dienone is 1. The standard InChI is InChI=1S/C34H24O2/c1-3-9-27-23(7-1)25-15-13-21(31-11-5-17-35-31)19-29(25)34-28-10-4-2-8-24(28)26-16-14-22(20-30(26)33(27)34)32-12-6-18-36-32/h1-5,7-12,14,16-17,19-20H,6,13,15,18H2. The molecule has 0 spiro atoms. The van der Waals surface area contributed by atoms with Gasteiger partial charge in [0.25, 0.3) is 0 Å². The summed E-state index contributed by atoms with van der Waals surface area (Å²) in [5.74, 6) is 1.97. The number of fused-ring (bicyclic) bond motifs is 11. The van der Waals surface area contributed by atoms with Crippen molar-refractivity contribution in [3.05, 3.63) is 114 Å². The molecule has 2 heteroatoms. The normalized spacial score (nSPS) is 15.3. The Hall–Kier alpha value is -4.30. The number of aryl methyl sites for hydroxylation is 1. The Balaban J connectivity index is 1.61. The van der Waals surface area contributed by atoms with E-state index in [-0.39, 0.29) is 0 Å². The molecule has 6 aromatic rings. The minimum absolute atomic E-state index is 0.766. The predicted octanol–water partition coefficient (Wildman–Crippen LogP) is 9.14. The van der Waals surface area contributed by atoms with Crippen LogP contribution in [0.1, 0.15) is 35.3 Å². The van der Waals surface area contributed by atoms with Crippen molar-refractivity contribution >= 4 is 60.5 Å². The van der Waals surface area contributed by atoms with E-state index < -0.39 is 0 Å². The summed E-state index contributed by atoms with van der Waals surface area (Å²) >= 11 is 0. The fourth-order valence-corrected chi connectivity index (χ4v) is 6.37. The highest BCUT2D eigenvalue weighted by Crippen LogP contribution is 2.46. The van der Waals surface area contributed by atoms with Crippen molar-refractivity contribution in [3.8, 4) is 0 Å². The van der Waals surface area contributed by atoms with Crippen molar-refractivity contribution in [3.63, 3.8) is 0 Å². The zero-order valence-electron chi connectivity index (χ0n) is 19.9. The van der Waals surface area contributed by atoms with Crippen LogP contribution in [0.2, 0.25) is 0 Å².